The van der Waals surface area contributed by atoms with Crippen LogP contribution in [0.3, 0.4) is 0 Å². The molecule has 1 saturated heterocycles. The van der Waals surface area contributed by atoms with Crippen molar-refractivity contribution in [3.8, 4) is 0 Å². The van der Waals surface area contributed by atoms with Crippen molar-refractivity contribution >= 4 is 23.5 Å². The highest BCUT2D eigenvalue weighted by molar-refractivity contribution is 6.15. The molecule has 0 aromatic heterocycles. The number of nitrogens with zero attached hydrogens (tertiary/aromatic N) is 1. The molecule has 0 aliphatic carbocycles. The van der Waals surface area contributed by atoms with Gasteiger partial charge in [0.05, 0.1) is 11.3 Å². The number of cyclic esters (lactones) is 2. The molecule has 1 heterocycles. The van der Waals surface area contributed by atoms with E-state index in [-0.39, 0.29) is 11.5 Å². The van der Waals surface area contributed by atoms with Gasteiger partial charge in [-0.25, -0.2) is 9.59 Å². The van der Waals surface area contributed by atoms with Crippen molar-refractivity contribution in [2.75, 3.05) is 12.4 Å². The third-order valence-electron chi connectivity index (χ3n) is 4.26. The third kappa shape index (κ3) is 4.82. The SMILES string of the molecule is CN(Cc1ccccc1)C(=O)c1ccccc1NC=C1C(=O)OC(C)(C)OC1=O. The van der Waals surface area contributed by atoms with Gasteiger partial charge >= 0.3 is 11.9 Å². The molecule has 1 fully saturated rings. The van der Waals surface area contributed by atoms with Crippen LogP contribution in [-0.4, -0.2) is 35.6 Å². The second kappa shape index (κ2) is 8.18. The van der Waals surface area contributed by atoms with Crippen LogP contribution in [0.15, 0.2) is 66.4 Å². The molecule has 0 bridgehead atoms. The van der Waals surface area contributed by atoms with Crippen LogP contribution >= 0.6 is 0 Å². The molecule has 0 radical (unpaired) electrons. The van der Waals surface area contributed by atoms with E-state index in [1.54, 1.807) is 36.2 Å². The summed E-state index contributed by atoms with van der Waals surface area (Å²) in [5.41, 5.74) is 1.59. The predicted molar refractivity (Wildman–Crippen MR) is 107 cm³/mol. The Kier molecular flexibility index (Phi) is 5.68. The topological polar surface area (TPSA) is 84.9 Å². The Morgan fingerprint density at radius 1 is 1.00 bits per heavy atom. The van der Waals surface area contributed by atoms with Gasteiger partial charge in [-0.15, -0.1) is 0 Å². The Bertz CT molecular complexity index is 944. The van der Waals surface area contributed by atoms with E-state index in [1.165, 1.54) is 20.0 Å². The first-order chi connectivity index (χ1) is 13.8. The summed E-state index contributed by atoms with van der Waals surface area (Å²) in [6.07, 6.45) is 1.20. The minimum absolute atomic E-state index is 0.203. The number of esters is 2. The summed E-state index contributed by atoms with van der Waals surface area (Å²) in [4.78, 5) is 38.6. The maximum atomic E-state index is 12.9. The average Bonchev–Trinajstić information content (AvgIpc) is 2.67. The van der Waals surface area contributed by atoms with E-state index in [2.05, 4.69) is 5.32 Å². The second-order valence-corrected chi connectivity index (χ2v) is 7.07. The number of nitrogens with one attached hydrogen (secondary N) is 1. The highest BCUT2D eigenvalue weighted by Gasteiger charge is 2.39. The molecule has 150 valence electrons. The van der Waals surface area contributed by atoms with E-state index >= 15 is 0 Å². The van der Waals surface area contributed by atoms with Crippen LogP contribution in [0.2, 0.25) is 0 Å². The monoisotopic (exact) mass is 394 g/mol. The van der Waals surface area contributed by atoms with E-state index in [4.69, 9.17) is 9.47 Å². The zero-order valence-corrected chi connectivity index (χ0v) is 16.5. The normalized spacial score (nSPS) is 15.2. The Morgan fingerprint density at radius 2 is 1.59 bits per heavy atom. The minimum atomic E-state index is -1.31. The number of carbonyl (C=O) groups is 3. The Balaban J connectivity index is 1.78. The van der Waals surface area contributed by atoms with Gasteiger partial charge in [-0.05, 0) is 17.7 Å². The number of rotatable bonds is 5. The van der Waals surface area contributed by atoms with Gasteiger partial charge in [0.15, 0.2) is 5.57 Å². The van der Waals surface area contributed by atoms with E-state index in [0.29, 0.717) is 17.8 Å². The smallest absolute Gasteiger partial charge is 0.350 e. The summed E-state index contributed by atoms with van der Waals surface area (Å²) >= 11 is 0. The van der Waals surface area contributed by atoms with Gasteiger partial charge in [0.1, 0.15) is 0 Å². The summed E-state index contributed by atoms with van der Waals surface area (Å²) in [5, 5.41) is 2.86. The molecular formula is C22H22N2O5. The molecule has 2 aromatic carbocycles. The van der Waals surface area contributed by atoms with Gasteiger partial charge in [0.2, 0.25) is 0 Å². The van der Waals surface area contributed by atoms with E-state index < -0.39 is 17.7 Å². The highest BCUT2D eigenvalue weighted by atomic mass is 16.7. The maximum absolute atomic E-state index is 12.9. The third-order valence-corrected chi connectivity index (χ3v) is 4.26. The van der Waals surface area contributed by atoms with Crippen molar-refractivity contribution in [1.29, 1.82) is 0 Å². The van der Waals surface area contributed by atoms with Crippen molar-refractivity contribution in [3.05, 3.63) is 77.5 Å². The molecule has 1 aliphatic rings. The van der Waals surface area contributed by atoms with Crippen molar-refractivity contribution in [1.82, 2.24) is 4.90 Å². The van der Waals surface area contributed by atoms with Crippen molar-refractivity contribution < 1.29 is 23.9 Å². The molecule has 0 atom stereocenters. The Morgan fingerprint density at radius 3 is 2.24 bits per heavy atom. The van der Waals surface area contributed by atoms with E-state index in [1.807, 2.05) is 30.3 Å². The minimum Gasteiger partial charge on any atom is -0.419 e. The molecule has 1 amide bonds. The molecule has 2 aromatic rings. The number of carbonyl (C=O) groups excluding carboxylic acids is 3. The number of amides is 1. The largest absolute Gasteiger partial charge is 0.419 e. The summed E-state index contributed by atoms with van der Waals surface area (Å²) in [6.45, 7) is 3.40. The molecule has 0 unspecified atom stereocenters. The number of benzene rings is 2. The lowest BCUT2D eigenvalue weighted by molar-refractivity contribution is -0.222. The summed E-state index contributed by atoms with van der Waals surface area (Å²) in [7, 11) is 1.71. The van der Waals surface area contributed by atoms with Gasteiger partial charge in [0.25, 0.3) is 11.7 Å². The first-order valence-electron chi connectivity index (χ1n) is 9.08. The number of anilines is 1. The van der Waals surface area contributed by atoms with Crippen LogP contribution in [0, 0.1) is 0 Å². The van der Waals surface area contributed by atoms with Crippen molar-refractivity contribution in [3.63, 3.8) is 0 Å². The standard InChI is InChI=1S/C22H22N2O5/c1-22(2)28-20(26)17(21(27)29-22)13-23-18-12-8-7-11-16(18)19(25)24(3)14-15-9-5-4-6-10-15/h4-13,23H,14H2,1-3H3. The van der Waals surface area contributed by atoms with Crippen LogP contribution in [0.5, 0.6) is 0 Å². The molecule has 7 nitrogen and oxygen atoms in total. The van der Waals surface area contributed by atoms with Gasteiger partial charge in [-0.3, -0.25) is 4.79 Å². The Hall–Kier alpha value is -3.61. The van der Waals surface area contributed by atoms with E-state index in [9.17, 15) is 14.4 Å². The van der Waals surface area contributed by atoms with Crippen LogP contribution < -0.4 is 5.32 Å². The molecule has 0 spiro atoms. The fourth-order valence-electron chi connectivity index (χ4n) is 2.86. The summed E-state index contributed by atoms with van der Waals surface area (Å²) < 4.78 is 10.1. The molecule has 3 rings (SSSR count). The lowest BCUT2D eigenvalue weighted by Crippen LogP contribution is -2.42. The van der Waals surface area contributed by atoms with Crippen LogP contribution in [0.25, 0.3) is 0 Å². The van der Waals surface area contributed by atoms with Gasteiger partial charge < -0.3 is 19.7 Å². The first-order valence-corrected chi connectivity index (χ1v) is 9.08. The zero-order valence-electron chi connectivity index (χ0n) is 16.5. The predicted octanol–water partition coefficient (Wildman–Crippen LogP) is 3.09. The maximum Gasteiger partial charge on any atom is 0.350 e. The van der Waals surface area contributed by atoms with Crippen molar-refractivity contribution in [2.24, 2.45) is 0 Å². The quantitative estimate of drug-likeness (QED) is 0.477. The fraction of sp³-hybridized carbons (Fsp3) is 0.227. The number of para-hydroxylation sites is 1. The second-order valence-electron chi connectivity index (χ2n) is 7.07. The van der Waals surface area contributed by atoms with Crippen LogP contribution in [0.1, 0.15) is 29.8 Å². The highest BCUT2D eigenvalue weighted by Crippen LogP contribution is 2.24. The summed E-state index contributed by atoms with van der Waals surface area (Å²) in [5.74, 6) is -3.09. The van der Waals surface area contributed by atoms with Crippen LogP contribution in [0.4, 0.5) is 5.69 Å². The zero-order chi connectivity index (χ0) is 21.0. The Labute approximate surface area is 168 Å². The molecule has 1 N–H and O–H groups in total. The molecule has 0 saturated carbocycles. The van der Waals surface area contributed by atoms with Gasteiger partial charge in [-0.2, -0.15) is 0 Å². The first kappa shape index (κ1) is 20.1. The van der Waals surface area contributed by atoms with E-state index in [0.717, 1.165) is 5.56 Å². The number of hydrogen-bond acceptors (Lipinski definition) is 6. The van der Waals surface area contributed by atoms with Crippen LogP contribution in [-0.2, 0) is 25.6 Å². The average molecular weight is 394 g/mol. The van der Waals surface area contributed by atoms with Gasteiger partial charge in [0, 0.05) is 33.6 Å². The van der Waals surface area contributed by atoms with Gasteiger partial charge in [-0.1, -0.05) is 42.5 Å². The molecule has 7 heteroatoms. The molecule has 29 heavy (non-hydrogen) atoms. The fourth-order valence-corrected chi connectivity index (χ4v) is 2.86. The van der Waals surface area contributed by atoms with Crippen molar-refractivity contribution in [2.45, 2.75) is 26.2 Å². The lowest BCUT2D eigenvalue weighted by atomic mass is 10.1. The lowest BCUT2D eigenvalue weighted by Gasteiger charge is -2.29. The molecular weight excluding hydrogens is 372 g/mol. The number of hydrogen-bond donors (Lipinski definition) is 1. The summed E-state index contributed by atoms with van der Waals surface area (Å²) in [6, 6.07) is 16.5. The number of ether oxygens (including phenoxy) is 2. The molecule has 1 aliphatic heterocycles.